The summed E-state index contributed by atoms with van der Waals surface area (Å²) in [4.78, 5) is 30.0. The summed E-state index contributed by atoms with van der Waals surface area (Å²) in [6.07, 6.45) is 4.45. The van der Waals surface area contributed by atoms with E-state index in [2.05, 4.69) is 18.7 Å². The highest BCUT2D eigenvalue weighted by Gasteiger charge is 2.50. The second-order valence-electron chi connectivity index (χ2n) is 8.18. The summed E-state index contributed by atoms with van der Waals surface area (Å²) in [6.45, 7) is 8.44. The van der Waals surface area contributed by atoms with Crippen LogP contribution < -0.4 is 4.90 Å². The summed E-state index contributed by atoms with van der Waals surface area (Å²) in [7, 11) is 1.38. The SMILES string of the molecule is CCCC(C)N1CCC(N2C(=O)C(C)(CC(=O)OC)c3ccccc32)CC1. The number of anilines is 1. The van der Waals surface area contributed by atoms with Crippen LogP contribution in [0.5, 0.6) is 0 Å². The van der Waals surface area contributed by atoms with Crippen molar-refractivity contribution >= 4 is 17.6 Å². The molecule has 0 N–H and O–H groups in total. The minimum atomic E-state index is -0.837. The van der Waals surface area contributed by atoms with Gasteiger partial charge in [0.25, 0.3) is 0 Å². The van der Waals surface area contributed by atoms with Crippen molar-refractivity contribution in [2.75, 3.05) is 25.1 Å². The second kappa shape index (κ2) is 8.01. The minimum absolute atomic E-state index is 0.0363. The highest BCUT2D eigenvalue weighted by molar-refractivity contribution is 6.09. The summed E-state index contributed by atoms with van der Waals surface area (Å²) >= 11 is 0. The summed E-state index contributed by atoms with van der Waals surface area (Å²) in [5.74, 6) is -0.306. The van der Waals surface area contributed by atoms with Gasteiger partial charge in [0.05, 0.1) is 18.9 Å². The third-order valence-corrected chi connectivity index (χ3v) is 6.37. The van der Waals surface area contributed by atoms with Gasteiger partial charge in [0, 0.05) is 30.9 Å². The molecular weight excluding hydrogens is 340 g/mol. The number of ether oxygens (including phenoxy) is 1. The quantitative estimate of drug-likeness (QED) is 0.717. The van der Waals surface area contributed by atoms with Crippen LogP contribution in [0, 0.1) is 0 Å². The molecular formula is C22H32N2O3. The number of carbonyl (C=O) groups is 2. The predicted molar refractivity (Wildman–Crippen MR) is 107 cm³/mol. The van der Waals surface area contributed by atoms with Gasteiger partial charge in [-0.1, -0.05) is 31.5 Å². The molecule has 1 aromatic rings. The Balaban J connectivity index is 1.81. The molecule has 2 unspecified atom stereocenters. The van der Waals surface area contributed by atoms with E-state index < -0.39 is 5.41 Å². The molecule has 0 aromatic heterocycles. The number of carbonyl (C=O) groups excluding carboxylic acids is 2. The van der Waals surface area contributed by atoms with Crippen molar-refractivity contribution in [2.45, 2.75) is 70.4 Å². The normalized spacial score (nSPS) is 24.7. The molecule has 1 amide bonds. The van der Waals surface area contributed by atoms with Crippen LogP contribution in [0.4, 0.5) is 5.69 Å². The Morgan fingerprint density at radius 1 is 1.30 bits per heavy atom. The Hall–Kier alpha value is -1.88. The lowest BCUT2D eigenvalue weighted by molar-refractivity contribution is -0.144. The van der Waals surface area contributed by atoms with E-state index in [-0.39, 0.29) is 24.3 Å². The van der Waals surface area contributed by atoms with Crippen molar-refractivity contribution in [1.82, 2.24) is 4.90 Å². The molecule has 0 aliphatic carbocycles. The number of likely N-dealkylation sites (tertiary alicyclic amines) is 1. The van der Waals surface area contributed by atoms with Crippen LogP contribution >= 0.6 is 0 Å². The van der Waals surface area contributed by atoms with Gasteiger partial charge in [0.1, 0.15) is 0 Å². The topological polar surface area (TPSA) is 49.9 Å². The Morgan fingerprint density at radius 3 is 2.59 bits per heavy atom. The summed E-state index contributed by atoms with van der Waals surface area (Å²) < 4.78 is 4.87. The van der Waals surface area contributed by atoms with Gasteiger partial charge in [-0.2, -0.15) is 0 Å². The van der Waals surface area contributed by atoms with E-state index in [0.29, 0.717) is 6.04 Å². The van der Waals surface area contributed by atoms with E-state index in [0.717, 1.165) is 37.2 Å². The third-order valence-electron chi connectivity index (χ3n) is 6.37. The molecule has 2 aliphatic rings. The number of hydrogen-bond donors (Lipinski definition) is 0. The van der Waals surface area contributed by atoms with Crippen LogP contribution in [0.25, 0.3) is 0 Å². The molecule has 5 nitrogen and oxygen atoms in total. The lowest BCUT2D eigenvalue weighted by atomic mass is 9.80. The van der Waals surface area contributed by atoms with Gasteiger partial charge in [0.15, 0.2) is 0 Å². The second-order valence-corrected chi connectivity index (χ2v) is 8.18. The first kappa shape index (κ1) is 19.9. The fraction of sp³-hybridized carbons (Fsp3) is 0.636. The van der Waals surface area contributed by atoms with Crippen LogP contribution in [0.2, 0.25) is 0 Å². The molecule has 0 radical (unpaired) electrons. The molecule has 27 heavy (non-hydrogen) atoms. The summed E-state index contributed by atoms with van der Waals surface area (Å²) in [5, 5.41) is 0. The first-order valence-electron chi connectivity index (χ1n) is 10.2. The number of amides is 1. The fourth-order valence-electron chi connectivity index (χ4n) is 4.72. The number of methoxy groups -OCH3 is 1. The van der Waals surface area contributed by atoms with Gasteiger partial charge in [-0.05, 0) is 44.7 Å². The minimum Gasteiger partial charge on any atom is -0.469 e. The van der Waals surface area contributed by atoms with E-state index >= 15 is 0 Å². The fourth-order valence-corrected chi connectivity index (χ4v) is 4.72. The largest absolute Gasteiger partial charge is 0.469 e. The average molecular weight is 373 g/mol. The summed E-state index contributed by atoms with van der Waals surface area (Å²) in [6, 6.07) is 8.71. The number of hydrogen-bond acceptors (Lipinski definition) is 4. The average Bonchev–Trinajstić information content (AvgIpc) is 2.89. The van der Waals surface area contributed by atoms with Gasteiger partial charge in [-0.25, -0.2) is 0 Å². The van der Waals surface area contributed by atoms with Crippen molar-refractivity contribution in [1.29, 1.82) is 0 Å². The maximum Gasteiger partial charge on any atom is 0.306 e. The Labute approximate surface area is 162 Å². The number of rotatable bonds is 6. The molecule has 2 heterocycles. The first-order valence-corrected chi connectivity index (χ1v) is 10.2. The number of nitrogens with zero attached hydrogens (tertiary/aromatic N) is 2. The Bertz CT molecular complexity index is 697. The molecule has 2 atom stereocenters. The van der Waals surface area contributed by atoms with Gasteiger partial charge < -0.3 is 14.5 Å². The van der Waals surface area contributed by atoms with Crippen molar-refractivity contribution in [2.24, 2.45) is 0 Å². The molecule has 1 aromatic carbocycles. The van der Waals surface area contributed by atoms with Crippen LogP contribution in [0.1, 0.15) is 58.4 Å². The maximum atomic E-state index is 13.5. The number of esters is 1. The van der Waals surface area contributed by atoms with Crippen molar-refractivity contribution in [3.05, 3.63) is 29.8 Å². The van der Waals surface area contributed by atoms with Crippen LogP contribution in [0.15, 0.2) is 24.3 Å². The molecule has 0 bridgehead atoms. The summed E-state index contributed by atoms with van der Waals surface area (Å²) in [5.41, 5.74) is 1.08. The zero-order valence-corrected chi connectivity index (χ0v) is 17.0. The number of fused-ring (bicyclic) bond motifs is 1. The molecule has 2 aliphatic heterocycles. The highest BCUT2D eigenvalue weighted by Crippen LogP contribution is 2.46. The standard InChI is InChI=1S/C22H32N2O3/c1-5-8-16(2)23-13-11-17(12-14-23)24-19-10-7-6-9-18(19)22(3,21(24)26)15-20(25)27-4/h6-7,9-10,16-17H,5,8,11-15H2,1-4H3. The molecule has 1 fully saturated rings. The van der Waals surface area contributed by atoms with E-state index in [1.807, 2.05) is 36.1 Å². The number of piperidine rings is 1. The van der Waals surface area contributed by atoms with Gasteiger partial charge in [-0.15, -0.1) is 0 Å². The lowest BCUT2D eigenvalue weighted by Gasteiger charge is -2.40. The molecule has 0 spiro atoms. The molecule has 3 rings (SSSR count). The van der Waals surface area contributed by atoms with E-state index in [4.69, 9.17) is 4.74 Å². The zero-order chi connectivity index (χ0) is 19.6. The highest BCUT2D eigenvalue weighted by atomic mass is 16.5. The van der Waals surface area contributed by atoms with Crippen molar-refractivity contribution in [3.63, 3.8) is 0 Å². The van der Waals surface area contributed by atoms with Crippen molar-refractivity contribution in [3.8, 4) is 0 Å². The molecule has 0 saturated carbocycles. The Kier molecular flexibility index (Phi) is 5.89. The lowest BCUT2D eigenvalue weighted by Crippen LogP contribution is -2.51. The van der Waals surface area contributed by atoms with Crippen LogP contribution in [-0.2, 0) is 19.7 Å². The maximum absolute atomic E-state index is 13.5. The zero-order valence-electron chi connectivity index (χ0n) is 17.0. The first-order chi connectivity index (χ1) is 12.9. The van der Waals surface area contributed by atoms with Crippen molar-refractivity contribution < 1.29 is 14.3 Å². The molecule has 1 saturated heterocycles. The van der Waals surface area contributed by atoms with Gasteiger partial charge >= 0.3 is 5.97 Å². The monoisotopic (exact) mass is 372 g/mol. The Morgan fingerprint density at radius 2 is 1.96 bits per heavy atom. The van der Waals surface area contributed by atoms with E-state index in [9.17, 15) is 9.59 Å². The van der Waals surface area contributed by atoms with E-state index in [1.54, 1.807) is 0 Å². The van der Waals surface area contributed by atoms with Gasteiger partial charge in [0.2, 0.25) is 5.91 Å². The smallest absolute Gasteiger partial charge is 0.306 e. The van der Waals surface area contributed by atoms with E-state index in [1.165, 1.54) is 20.0 Å². The predicted octanol–water partition coefficient (Wildman–Crippen LogP) is 3.51. The van der Waals surface area contributed by atoms with Crippen LogP contribution in [-0.4, -0.2) is 49.1 Å². The number of para-hydroxylation sites is 1. The molecule has 148 valence electrons. The van der Waals surface area contributed by atoms with Crippen LogP contribution in [0.3, 0.4) is 0 Å². The molecule has 5 heteroatoms. The third kappa shape index (κ3) is 3.62. The number of benzene rings is 1. The van der Waals surface area contributed by atoms with Gasteiger partial charge in [-0.3, -0.25) is 9.59 Å².